The van der Waals surface area contributed by atoms with Crippen molar-refractivity contribution in [1.82, 2.24) is 19.6 Å². The molecule has 1 aliphatic rings. The summed E-state index contributed by atoms with van der Waals surface area (Å²) in [4.78, 5) is 4.97. The van der Waals surface area contributed by atoms with Gasteiger partial charge in [0.25, 0.3) is 0 Å². The van der Waals surface area contributed by atoms with Gasteiger partial charge in [-0.2, -0.15) is 5.10 Å². The third-order valence-electron chi connectivity index (χ3n) is 4.55. The number of aromatic nitrogens is 2. The van der Waals surface area contributed by atoms with Gasteiger partial charge in [0.15, 0.2) is 0 Å². The van der Waals surface area contributed by atoms with Crippen molar-refractivity contribution in [2.45, 2.75) is 13.1 Å². The molecule has 2 aromatic rings. The molecule has 24 heavy (non-hydrogen) atoms. The molecule has 1 fully saturated rings. The van der Waals surface area contributed by atoms with Crippen LogP contribution < -0.4 is 9.47 Å². The van der Waals surface area contributed by atoms with Gasteiger partial charge in [0.1, 0.15) is 11.5 Å². The smallest absolute Gasteiger partial charge is 0.123 e. The zero-order valence-corrected chi connectivity index (χ0v) is 14.5. The van der Waals surface area contributed by atoms with E-state index in [1.807, 2.05) is 35.3 Å². The highest BCUT2D eigenvalue weighted by Gasteiger charge is 2.18. The minimum absolute atomic E-state index is 0.878. The fraction of sp³-hybridized carbons (Fsp3) is 0.500. The van der Waals surface area contributed by atoms with Gasteiger partial charge in [-0.05, 0) is 24.3 Å². The average molecular weight is 330 g/mol. The van der Waals surface area contributed by atoms with Crippen LogP contribution in [0.1, 0.15) is 5.56 Å². The maximum Gasteiger partial charge on any atom is 0.123 e. The lowest BCUT2D eigenvalue weighted by Gasteiger charge is -2.34. The molecular formula is C18H26N4O2. The van der Waals surface area contributed by atoms with E-state index < -0.39 is 0 Å². The Kier molecular flexibility index (Phi) is 5.72. The van der Waals surface area contributed by atoms with Gasteiger partial charge in [-0.3, -0.25) is 14.5 Å². The number of hydrogen-bond donors (Lipinski definition) is 0. The molecule has 6 nitrogen and oxygen atoms in total. The molecule has 0 amide bonds. The van der Waals surface area contributed by atoms with Crippen LogP contribution in [0.2, 0.25) is 0 Å². The summed E-state index contributed by atoms with van der Waals surface area (Å²) in [7, 11) is 3.42. The zero-order valence-electron chi connectivity index (χ0n) is 14.5. The van der Waals surface area contributed by atoms with Gasteiger partial charge < -0.3 is 9.47 Å². The number of ether oxygens (including phenoxy) is 2. The normalized spacial score (nSPS) is 16.2. The first-order chi connectivity index (χ1) is 11.8. The largest absolute Gasteiger partial charge is 0.497 e. The van der Waals surface area contributed by atoms with E-state index in [1.165, 1.54) is 5.56 Å². The molecule has 0 atom stereocenters. The SMILES string of the molecule is COc1ccc(OC)c(CN2CCN(CCn3cccn3)CC2)c1. The lowest BCUT2D eigenvalue weighted by molar-refractivity contribution is 0.122. The van der Waals surface area contributed by atoms with E-state index in [-0.39, 0.29) is 0 Å². The summed E-state index contributed by atoms with van der Waals surface area (Å²) in [5, 5.41) is 4.26. The quantitative estimate of drug-likeness (QED) is 0.773. The van der Waals surface area contributed by atoms with E-state index in [2.05, 4.69) is 21.0 Å². The molecule has 0 aliphatic carbocycles. The fourth-order valence-corrected chi connectivity index (χ4v) is 3.09. The van der Waals surface area contributed by atoms with E-state index in [1.54, 1.807) is 14.2 Å². The summed E-state index contributed by atoms with van der Waals surface area (Å²) in [5.41, 5.74) is 1.18. The maximum atomic E-state index is 5.49. The second kappa shape index (κ2) is 8.17. The predicted molar refractivity (Wildman–Crippen MR) is 93.5 cm³/mol. The van der Waals surface area contributed by atoms with Crippen molar-refractivity contribution in [2.24, 2.45) is 0 Å². The Morgan fingerprint density at radius 1 is 1.00 bits per heavy atom. The Bertz CT molecular complexity index is 622. The van der Waals surface area contributed by atoms with Crippen molar-refractivity contribution in [3.05, 3.63) is 42.2 Å². The molecule has 0 bridgehead atoms. The number of rotatable bonds is 7. The molecular weight excluding hydrogens is 304 g/mol. The molecule has 2 heterocycles. The van der Waals surface area contributed by atoms with Crippen LogP contribution in [0, 0.1) is 0 Å². The van der Waals surface area contributed by atoms with Gasteiger partial charge in [0.05, 0.1) is 20.8 Å². The second-order valence-electron chi connectivity index (χ2n) is 6.06. The van der Waals surface area contributed by atoms with E-state index >= 15 is 0 Å². The number of hydrogen-bond acceptors (Lipinski definition) is 5. The molecule has 1 aromatic heterocycles. The molecule has 3 rings (SSSR count). The summed E-state index contributed by atoms with van der Waals surface area (Å²) >= 11 is 0. The van der Waals surface area contributed by atoms with Crippen LogP contribution in [0.5, 0.6) is 11.5 Å². The standard InChI is InChI=1S/C18H26N4O2/c1-23-17-4-5-18(24-2)16(14-17)15-21-10-8-20(9-11-21)12-13-22-7-3-6-19-22/h3-7,14H,8-13,15H2,1-2H3. The molecule has 1 saturated heterocycles. The molecule has 6 heteroatoms. The van der Waals surface area contributed by atoms with Crippen LogP contribution in [-0.4, -0.2) is 66.5 Å². The van der Waals surface area contributed by atoms with Crippen molar-refractivity contribution in [2.75, 3.05) is 46.9 Å². The minimum Gasteiger partial charge on any atom is -0.497 e. The van der Waals surface area contributed by atoms with Gasteiger partial charge in [0, 0.05) is 57.2 Å². The highest BCUT2D eigenvalue weighted by Crippen LogP contribution is 2.25. The molecule has 1 aromatic carbocycles. The first kappa shape index (κ1) is 16.8. The third-order valence-corrected chi connectivity index (χ3v) is 4.55. The highest BCUT2D eigenvalue weighted by atomic mass is 16.5. The number of piperazine rings is 1. The van der Waals surface area contributed by atoms with Crippen LogP contribution in [0.4, 0.5) is 0 Å². The number of methoxy groups -OCH3 is 2. The van der Waals surface area contributed by atoms with Crippen LogP contribution in [0.15, 0.2) is 36.7 Å². The molecule has 130 valence electrons. The topological polar surface area (TPSA) is 42.8 Å². The van der Waals surface area contributed by atoms with Crippen LogP contribution in [-0.2, 0) is 13.1 Å². The number of benzene rings is 1. The summed E-state index contributed by atoms with van der Waals surface area (Å²) in [6, 6.07) is 7.96. The van der Waals surface area contributed by atoms with Gasteiger partial charge in [-0.15, -0.1) is 0 Å². The minimum atomic E-state index is 0.878. The van der Waals surface area contributed by atoms with Crippen molar-refractivity contribution >= 4 is 0 Å². The van der Waals surface area contributed by atoms with Crippen LogP contribution in [0.25, 0.3) is 0 Å². The van der Waals surface area contributed by atoms with Gasteiger partial charge in [-0.1, -0.05) is 0 Å². The molecule has 0 spiro atoms. The monoisotopic (exact) mass is 330 g/mol. The Labute approximate surface area is 143 Å². The molecule has 0 N–H and O–H groups in total. The van der Waals surface area contributed by atoms with E-state index in [0.717, 1.165) is 57.3 Å². The van der Waals surface area contributed by atoms with E-state index in [4.69, 9.17) is 9.47 Å². The van der Waals surface area contributed by atoms with E-state index in [0.29, 0.717) is 0 Å². The molecule has 0 unspecified atom stereocenters. The van der Waals surface area contributed by atoms with E-state index in [9.17, 15) is 0 Å². The Morgan fingerprint density at radius 2 is 1.79 bits per heavy atom. The molecule has 0 radical (unpaired) electrons. The molecule has 1 aliphatic heterocycles. The average Bonchev–Trinajstić information content (AvgIpc) is 3.14. The van der Waals surface area contributed by atoms with Gasteiger partial charge >= 0.3 is 0 Å². The van der Waals surface area contributed by atoms with Crippen molar-refractivity contribution in [3.8, 4) is 11.5 Å². The lowest BCUT2D eigenvalue weighted by atomic mass is 10.1. The van der Waals surface area contributed by atoms with Crippen molar-refractivity contribution in [3.63, 3.8) is 0 Å². The first-order valence-corrected chi connectivity index (χ1v) is 8.41. The van der Waals surface area contributed by atoms with Crippen molar-refractivity contribution in [1.29, 1.82) is 0 Å². The zero-order chi connectivity index (χ0) is 16.8. The Balaban J connectivity index is 1.50. The summed E-state index contributed by atoms with van der Waals surface area (Å²) in [5.74, 6) is 1.81. The predicted octanol–water partition coefficient (Wildman–Crippen LogP) is 1.72. The first-order valence-electron chi connectivity index (χ1n) is 8.41. The van der Waals surface area contributed by atoms with Gasteiger partial charge in [-0.25, -0.2) is 0 Å². The Hall–Kier alpha value is -2.05. The molecule has 0 saturated carbocycles. The number of nitrogens with zero attached hydrogens (tertiary/aromatic N) is 4. The highest BCUT2D eigenvalue weighted by molar-refractivity contribution is 5.40. The van der Waals surface area contributed by atoms with Crippen molar-refractivity contribution < 1.29 is 9.47 Å². The van der Waals surface area contributed by atoms with Crippen LogP contribution >= 0.6 is 0 Å². The fourth-order valence-electron chi connectivity index (χ4n) is 3.09. The van der Waals surface area contributed by atoms with Crippen LogP contribution in [0.3, 0.4) is 0 Å². The summed E-state index contributed by atoms with van der Waals surface area (Å²) < 4.78 is 12.8. The van der Waals surface area contributed by atoms with Gasteiger partial charge in [0.2, 0.25) is 0 Å². The summed E-state index contributed by atoms with van der Waals surface area (Å²) in [6.45, 7) is 7.22. The third kappa shape index (κ3) is 4.27. The summed E-state index contributed by atoms with van der Waals surface area (Å²) in [6.07, 6.45) is 3.85. The lowest BCUT2D eigenvalue weighted by Crippen LogP contribution is -2.46. The Morgan fingerprint density at radius 3 is 2.46 bits per heavy atom. The second-order valence-corrected chi connectivity index (χ2v) is 6.06. The maximum absolute atomic E-state index is 5.49.